The minimum absolute atomic E-state index is 0.320. The van der Waals surface area contributed by atoms with E-state index in [-0.39, 0.29) is 6.09 Å². The Hall–Kier alpha value is -1.76. The third kappa shape index (κ3) is 4.70. The molecule has 9 heteroatoms. The highest BCUT2D eigenvalue weighted by atomic mass is 35.5. The minimum atomic E-state index is -1.55. The van der Waals surface area contributed by atoms with Gasteiger partial charge in [0.15, 0.2) is 8.38 Å². The number of halogens is 1. The Morgan fingerprint density at radius 2 is 1.77 bits per heavy atom. The van der Waals surface area contributed by atoms with Gasteiger partial charge in [-0.3, -0.25) is 4.98 Å². The number of hydrogen-bond donors (Lipinski definition) is 1. The van der Waals surface area contributed by atoms with E-state index in [9.17, 15) is 9.90 Å². The molecule has 7 nitrogen and oxygen atoms in total. The first-order chi connectivity index (χ1) is 16.9. The molecule has 190 valence electrons. The molecule has 1 fully saturated rings. The SMILES string of the molecule is CCOC(=O)N1CCC(P(OCC)OCC)(C2(O)c3ccc(Cl)cc3CCc3cccnc32)CC1. The van der Waals surface area contributed by atoms with Crippen LogP contribution in [0.4, 0.5) is 4.79 Å². The van der Waals surface area contributed by atoms with E-state index in [2.05, 4.69) is 0 Å². The van der Waals surface area contributed by atoms with Gasteiger partial charge < -0.3 is 23.8 Å². The molecule has 0 bridgehead atoms. The number of nitrogens with zero attached hydrogens (tertiary/aromatic N) is 2. The predicted octanol–water partition coefficient (Wildman–Crippen LogP) is 5.45. The zero-order valence-electron chi connectivity index (χ0n) is 20.6. The molecule has 2 aliphatic rings. The first kappa shape index (κ1) is 26.3. The van der Waals surface area contributed by atoms with Crippen molar-refractivity contribution in [2.75, 3.05) is 32.9 Å². The average molecular weight is 521 g/mol. The van der Waals surface area contributed by atoms with Crippen molar-refractivity contribution in [1.82, 2.24) is 9.88 Å². The van der Waals surface area contributed by atoms with Crippen LogP contribution in [-0.2, 0) is 32.2 Å². The Morgan fingerprint density at radius 1 is 1.09 bits per heavy atom. The molecule has 1 unspecified atom stereocenters. The molecule has 4 rings (SSSR count). The van der Waals surface area contributed by atoms with E-state index in [1.165, 1.54) is 0 Å². The summed E-state index contributed by atoms with van der Waals surface area (Å²) in [6, 6.07) is 9.63. The maximum atomic E-state index is 13.1. The number of likely N-dealkylation sites (tertiary alicyclic amines) is 1. The van der Waals surface area contributed by atoms with Crippen LogP contribution in [0, 0.1) is 0 Å². The summed E-state index contributed by atoms with van der Waals surface area (Å²) in [7, 11) is -1.55. The number of hydrogen-bond acceptors (Lipinski definition) is 6. The van der Waals surface area contributed by atoms with Crippen LogP contribution in [0.25, 0.3) is 0 Å². The summed E-state index contributed by atoms with van der Waals surface area (Å²) >= 11 is 6.40. The van der Waals surface area contributed by atoms with Crippen LogP contribution in [0.1, 0.15) is 56.0 Å². The molecule has 1 aliphatic carbocycles. The zero-order valence-corrected chi connectivity index (χ0v) is 22.3. The van der Waals surface area contributed by atoms with Crippen LogP contribution in [0.15, 0.2) is 36.5 Å². The Morgan fingerprint density at radius 3 is 2.43 bits per heavy atom. The number of piperidine rings is 1. The first-order valence-corrected chi connectivity index (χ1v) is 13.9. The van der Waals surface area contributed by atoms with Gasteiger partial charge in [0, 0.05) is 24.3 Å². The lowest BCUT2D eigenvalue weighted by atomic mass is 9.71. The largest absolute Gasteiger partial charge is 0.450 e. The summed E-state index contributed by atoms with van der Waals surface area (Å²) in [5.74, 6) is 0. The number of aromatic nitrogens is 1. The molecule has 1 amide bonds. The number of carbonyl (C=O) groups excluding carboxylic acids is 1. The number of ether oxygens (including phenoxy) is 1. The normalized spacial score (nSPS) is 21.3. The molecule has 1 atom stereocenters. The predicted molar refractivity (Wildman–Crippen MR) is 137 cm³/mol. The van der Waals surface area contributed by atoms with Crippen LogP contribution >= 0.6 is 20.0 Å². The zero-order chi connectivity index (χ0) is 25.1. The van der Waals surface area contributed by atoms with E-state index in [0.717, 1.165) is 29.5 Å². The molecular formula is C26H34ClN2O5P. The van der Waals surface area contributed by atoms with Gasteiger partial charge in [0.1, 0.15) is 5.60 Å². The Bertz CT molecular complexity index is 1040. The van der Waals surface area contributed by atoms with Crippen LogP contribution in [-0.4, -0.2) is 59.1 Å². The minimum Gasteiger partial charge on any atom is -0.450 e. The van der Waals surface area contributed by atoms with Crippen molar-refractivity contribution in [1.29, 1.82) is 0 Å². The fourth-order valence-corrected chi connectivity index (χ4v) is 7.71. The van der Waals surface area contributed by atoms with E-state index in [1.807, 2.05) is 44.2 Å². The molecule has 2 aromatic rings. The lowest BCUT2D eigenvalue weighted by molar-refractivity contribution is -0.0116. The monoisotopic (exact) mass is 520 g/mol. The van der Waals surface area contributed by atoms with Crippen molar-refractivity contribution in [3.63, 3.8) is 0 Å². The van der Waals surface area contributed by atoms with E-state index in [1.54, 1.807) is 18.0 Å². The molecule has 2 heterocycles. The van der Waals surface area contributed by atoms with Gasteiger partial charge in [-0.15, -0.1) is 0 Å². The number of aryl methyl sites for hydroxylation is 2. The fourth-order valence-electron chi connectivity index (χ4n) is 5.43. The number of rotatable bonds is 7. The summed E-state index contributed by atoms with van der Waals surface area (Å²) in [4.78, 5) is 19.0. The highest BCUT2D eigenvalue weighted by Crippen LogP contribution is 2.66. The summed E-state index contributed by atoms with van der Waals surface area (Å²) < 4.78 is 17.8. The van der Waals surface area contributed by atoms with Crippen molar-refractivity contribution >= 4 is 26.1 Å². The van der Waals surface area contributed by atoms with Gasteiger partial charge in [0.2, 0.25) is 0 Å². The van der Waals surface area contributed by atoms with Gasteiger partial charge in [-0.2, -0.15) is 0 Å². The summed E-state index contributed by atoms with van der Waals surface area (Å²) in [5.41, 5.74) is 1.93. The lowest BCUT2D eigenvalue weighted by Gasteiger charge is -2.53. The Labute approximate surface area is 213 Å². The number of aliphatic hydroxyl groups is 1. The molecule has 0 saturated carbocycles. The van der Waals surface area contributed by atoms with Crippen LogP contribution in [0.3, 0.4) is 0 Å². The molecular weight excluding hydrogens is 487 g/mol. The van der Waals surface area contributed by atoms with Gasteiger partial charge in [-0.25, -0.2) is 4.79 Å². The average Bonchev–Trinajstić information content (AvgIpc) is 2.99. The second-order valence-corrected chi connectivity index (χ2v) is 11.2. The topological polar surface area (TPSA) is 81.1 Å². The standard InChI is InChI=1S/C26H34ClN2O5P/c1-4-32-24(30)29-16-13-25(14-17-29,35(33-5-2)34-6-3)26(31)22-12-11-21(27)18-20(22)10-9-19-8-7-15-28-23(19)26/h7-8,11-12,15,18,31H,4-6,9-10,13-14,16-17H2,1-3H3. The number of amides is 1. The third-order valence-electron chi connectivity index (χ3n) is 6.99. The van der Waals surface area contributed by atoms with Crippen LogP contribution in [0.2, 0.25) is 5.02 Å². The third-order valence-corrected chi connectivity index (χ3v) is 9.68. The van der Waals surface area contributed by atoms with E-state index < -0.39 is 19.1 Å². The maximum absolute atomic E-state index is 13.1. The fraction of sp³-hybridized carbons (Fsp3) is 0.538. The Kier molecular flexibility index (Phi) is 8.34. The van der Waals surface area contributed by atoms with Crippen LogP contribution in [0.5, 0.6) is 0 Å². The molecule has 1 aliphatic heterocycles. The van der Waals surface area contributed by atoms with Gasteiger partial charge in [0.25, 0.3) is 0 Å². The van der Waals surface area contributed by atoms with E-state index in [4.69, 9.17) is 30.4 Å². The lowest BCUT2D eigenvalue weighted by Crippen LogP contribution is -2.58. The molecule has 35 heavy (non-hydrogen) atoms. The van der Waals surface area contributed by atoms with Gasteiger partial charge in [-0.05, 0) is 81.3 Å². The second kappa shape index (κ2) is 11.1. The molecule has 0 radical (unpaired) electrons. The van der Waals surface area contributed by atoms with E-state index >= 15 is 0 Å². The highest BCUT2D eigenvalue weighted by molar-refractivity contribution is 7.49. The number of carbonyl (C=O) groups is 1. The molecule has 1 aromatic heterocycles. The van der Waals surface area contributed by atoms with Gasteiger partial charge >= 0.3 is 6.09 Å². The number of benzene rings is 1. The summed E-state index contributed by atoms with van der Waals surface area (Å²) in [6.45, 7) is 7.74. The Balaban J connectivity index is 1.92. The smallest absolute Gasteiger partial charge is 0.409 e. The molecule has 1 aromatic carbocycles. The second-order valence-electron chi connectivity index (χ2n) is 8.83. The van der Waals surface area contributed by atoms with Crippen molar-refractivity contribution in [3.8, 4) is 0 Å². The van der Waals surface area contributed by atoms with Crippen molar-refractivity contribution in [2.24, 2.45) is 0 Å². The molecule has 0 spiro atoms. The highest BCUT2D eigenvalue weighted by Gasteiger charge is 2.62. The van der Waals surface area contributed by atoms with Crippen molar-refractivity contribution < 1.29 is 23.7 Å². The van der Waals surface area contributed by atoms with Gasteiger partial charge in [-0.1, -0.05) is 23.7 Å². The van der Waals surface area contributed by atoms with Crippen molar-refractivity contribution in [2.45, 2.75) is 57.2 Å². The summed E-state index contributed by atoms with van der Waals surface area (Å²) in [5, 5.41) is 12.9. The number of pyridine rings is 1. The summed E-state index contributed by atoms with van der Waals surface area (Å²) in [6.07, 6.45) is 3.83. The molecule has 1 saturated heterocycles. The molecule has 1 N–H and O–H groups in total. The van der Waals surface area contributed by atoms with Gasteiger partial charge in [0.05, 0.1) is 30.7 Å². The van der Waals surface area contributed by atoms with E-state index in [0.29, 0.717) is 56.5 Å². The van der Waals surface area contributed by atoms with Crippen molar-refractivity contribution in [3.05, 3.63) is 63.9 Å². The van der Waals surface area contributed by atoms with Crippen LogP contribution < -0.4 is 0 Å². The quantitative estimate of drug-likeness (QED) is 0.489. The number of fused-ring (bicyclic) bond motifs is 2. The first-order valence-electron chi connectivity index (χ1n) is 12.3. The maximum Gasteiger partial charge on any atom is 0.409 e.